The van der Waals surface area contributed by atoms with Crippen molar-refractivity contribution in [1.82, 2.24) is 36.8 Å². The number of amides is 7. The van der Waals surface area contributed by atoms with E-state index in [2.05, 4.69) is 36.9 Å². The number of carboxylic acid groups (broad SMARTS) is 1. The van der Waals surface area contributed by atoms with Crippen LogP contribution in [-0.2, 0) is 47.8 Å². The Bertz CT molecular complexity index is 1500. The minimum Gasteiger partial charge on any atom is -0.481 e. The van der Waals surface area contributed by atoms with E-state index in [1.54, 1.807) is 27.7 Å². The van der Waals surface area contributed by atoms with Crippen LogP contribution in [0.25, 0.3) is 0 Å². The van der Waals surface area contributed by atoms with Gasteiger partial charge in [0.2, 0.25) is 35.4 Å². The molecular weight excluding hydrogens is 782 g/mol. The van der Waals surface area contributed by atoms with Crippen molar-refractivity contribution in [2.45, 2.75) is 115 Å². The van der Waals surface area contributed by atoms with Crippen molar-refractivity contribution in [3.8, 4) is 0 Å². The van der Waals surface area contributed by atoms with E-state index >= 15 is 0 Å². The molecule has 0 aromatic heterocycles. The van der Waals surface area contributed by atoms with E-state index in [1.807, 2.05) is 0 Å². The van der Waals surface area contributed by atoms with Crippen molar-refractivity contribution in [2.24, 2.45) is 22.2 Å². The molecule has 5 unspecified atom stereocenters. The molecule has 1 saturated heterocycles. The summed E-state index contributed by atoms with van der Waals surface area (Å²) in [6.45, 7) is 4.93. The van der Waals surface area contributed by atoms with Gasteiger partial charge in [-0.2, -0.15) is 0 Å². The number of carbonyl (C=O) groups excluding carboxylic acids is 8. The number of nitrogens with zero attached hydrogens (tertiary/aromatic N) is 2. The van der Waals surface area contributed by atoms with Gasteiger partial charge in [0.25, 0.3) is 0 Å². The molecule has 5 atom stereocenters. The van der Waals surface area contributed by atoms with Crippen molar-refractivity contribution in [3.63, 3.8) is 0 Å². The molecule has 0 spiro atoms. The predicted molar refractivity (Wildman–Crippen MR) is 208 cm³/mol. The van der Waals surface area contributed by atoms with Crippen LogP contribution in [0, 0.1) is 0 Å². The molecule has 1 heterocycles. The lowest BCUT2D eigenvalue weighted by Crippen LogP contribution is -2.59. The second kappa shape index (κ2) is 26.3. The van der Waals surface area contributed by atoms with Crippen molar-refractivity contribution in [2.75, 3.05) is 45.9 Å². The number of aliphatic carboxylic acids is 1. The number of rotatable bonds is 25. The summed E-state index contributed by atoms with van der Waals surface area (Å²) >= 11 is 0. The van der Waals surface area contributed by atoms with Crippen molar-refractivity contribution < 1.29 is 62.8 Å². The van der Waals surface area contributed by atoms with Crippen molar-refractivity contribution in [3.05, 3.63) is 0 Å². The number of hydrogen-bond donors (Lipinski definition) is 11. The highest BCUT2D eigenvalue weighted by Gasteiger charge is 2.39. The maximum Gasteiger partial charge on any atom is 0.408 e. The van der Waals surface area contributed by atoms with Crippen LogP contribution >= 0.6 is 0 Å². The summed E-state index contributed by atoms with van der Waals surface area (Å²) in [7, 11) is 0. The molecule has 0 bridgehead atoms. The number of likely N-dealkylation sites (tertiary alicyclic amines) is 1. The molecule has 59 heavy (non-hydrogen) atoms. The van der Waals surface area contributed by atoms with E-state index in [-0.39, 0.29) is 51.3 Å². The van der Waals surface area contributed by atoms with Gasteiger partial charge in [0.15, 0.2) is 5.96 Å². The van der Waals surface area contributed by atoms with Gasteiger partial charge in [0, 0.05) is 13.1 Å². The number of aliphatic imine (C=N–C) groups is 1. The fraction of sp³-hybridized carbons (Fsp3) is 0.714. The number of carbonyl (C=O) groups is 9. The fourth-order valence-electron chi connectivity index (χ4n) is 5.62. The van der Waals surface area contributed by atoms with Crippen LogP contribution in [0.2, 0.25) is 0 Å². The van der Waals surface area contributed by atoms with Crippen LogP contribution in [0.4, 0.5) is 4.79 Å². The zero-order valence-corrected chi connectivity index (χ0v) is 34.0. The normalized spacial score (nSPS) is 15.6. The van der Waals surface area contributed by atoms with Gasteiger partial charge in [-0.3, -0.25) is 43.3 Å². The third-order valence-corrected chi connectivity index (χ3v) is 8.33. The smallest absolute Gasteiger partial charge is 0.408 e. The topological polar surface area (TPSA) is 378 Å². The highest BCUT2D eigenvalue weighted by Crippen LogP contribution is 2.21. The van der Waals surface area contributed by atoms with Gasteiger partial charge < -0.3 is 73.7 Å². The molecule has 1 aliphatic heterocycles. The number of alkyl carbamates (subject to hydrolysis) is 1. The van der Waals surface area contributed by atoms with Crippen molar-refractivity contribution in [1.29, 1.82) is 0 Å². The summed E-state index contributed by atoms with van der Waals surface area (Å²) < 4.78 is 10.1. The zero-order chi connectivity index (χ0) is 44.7. The largest absolute Gasteiger partial charge is 0.481 e. The maximum absolute atomic E-state index is 13.7. The summed E-state index contributed by atoms with van der Waals surface area (Å²) in [6, 6.07) is -6.91. The number of esters is 1. The number of carboxylic acids is 1. The molecule has 1 rings (SSSR count). The third kappa shape index (κ3) is 20.5. The number of hydrogen-bond acceptors (Lipinski definition) is 14. The van der Waals surface area contributed by atoms with Gasteiger partial charge in [-0.15, -0.1) is 0 Å². The van der Waals surface area contributed by atoms with Gasteiger partial charge in [0.05, 0.1) is 26.2 Å². The van der Waals surface area contributed by atoms with E-state index in [9.17, 15) is 53.4 Å². The quantitative estimate of drug-likeness (QED) is 0.0179. The van der Waals surface area contributed by atoms with Gasteiger partial charge in [-0.1, -0.05) is 0 Å². The Morgan fingerprint density at radius 2 is 1.47 bits per heavy atom. The van der Waals surface area contributed by atoms with Crippen LogP contribution in [0.1, 0.15) is 79.1 Å². The van der Waals surface area contributed by atoms with E-state index < -0.39 is 115 Å². The zero-order valence-electron chi connectivity index (χ0n) is 34.0. The van der Waals surface area contributed by atoms with Gasteiger partial charge in [-0.25, -0.2) is 4.79 Å². The number of unbranched alkanes of at least 4 members (excludes halogenated alkanes) is 1. The van der Waals surface area contributed by atoms with Crippen LogP contribution < -0.4 is 49.1 Å². The van der Waals surface area contributed by atoms with Gasteiger partial charge in [-0.05, 0) is 79.2 Å². The van der Waals surface area contributed by atoms with Crippen LogP contribution in [0.5, 0.6) is 0 Å². The molecule has 0 radical (unpaired) electrons. The molecule has 7 amide bonds. The second-order valence-electron chi connectivity index (χ2n) is 14.4. The minimum atomic E-state index is -1.81. The Morgan fingerprint density at radius 3 is 2.07 bits per heavy atom. The van der Waals surface area contributed by atoms with E-state index in [0.717, 1.165) is 0 Å². The molecule has 0 aromatic rings. The third-order valence-electron chi connectivity index (χ3n) is 8.33. The Balaban J connectivity index is 3.00. The number of aliphatic hydroxyl groups is 1. The number of nitrogens with one attached hydrogen (secondary N) is 6. The monoisotopic (exact) mass is 843 g/mol. The summed E-state index contributed by atoms with van der Waals surface area (Å²) in [6.07, 6.45) is 0.219. The molecule has 0 aromatic carbocycles. The molecule has 1 aliphatic rings. The lowest BCUT2D eigenvalue weighted by molar-refractivity contribution is -0.143. The van der Waals surface area contributed by atoms with Crippen LogP contribution in [0.3, 0.4) is 0 Å². The summed E-state index contributed by atoms with van der Waals surface area (Å²) in [5.41, 5.74) is 15.4. The molecule has 1 fully saturated rings. The average Bonchev–Trinajstić information content (AvgIpc) is 3.64. The van der Waals surface area contributed by atoms with Gasteiger partial charge in [0.1, 0.15) is 42.4 Å². The summed E-state index contributed by atoms with van der Waals surface area (Å²) in [5, 5.41) is 33.4. The van der Waals surface area contributed by atoms with Crippen LogP contribution in [-0.4, -0.2) is 156 Å². The highest BCUT2D eigenvalue weighted by atomic mass is 16.6. The average molecular weight is 844 g/mol. The first-order valence-electron chi connectivity index (χ1n) is 19.2. The Labute approximate surface area is 341 Å². The summed E-state index contributed by atoms with van der Waals surface area (Å²) in [5.74, 6) is -7.83. The van der Waals surface area contributed by atoms with E-state index in [1.165, 1.54) is 4.90 Å². The molecule has 0 aliphatic carbocycles. The van der Waals surface area contributed by atoms with Crippen molar-refractivity contribution >= 4 is 59.4 Å². The second-order valence-corrected chi connectivity index (χ2v) is 14.4. The lowest BCUT2D eigenvalue weighted by Gasteiger charge is -2.30. The first kappa shape index (κ1) is 51.2. The number of guanidine groups is 1. The molecule has 0 saturated carbocycles. The SMILES string of the molecule is CCOC(=O)CNC(=O)C(CCCN=C(N)N)NC(=O)CNC(=O)C(CC(=O)O)NC(=O)C(CO)NC(=O)C1CCCN1C(=O)C(CCCCN)NC(=O)OC(C)(C)C. The van der Waals surface area contributed by atoms with Gasteiger partial charge >= 0.3 is 18.0 Å². The molecule has 334 valence electrons. The lowest BCUT2D eigenvalue weighted by atomic mass is 10.1. The van der Waals surface area contributed by atoms with E-state index in [0.29, 0.717) is 25.8 Å². The Morgan fingerprint density at radius 1 is 0.831 bits per heavy atom. The number of ether oxygens (including phenoxy) is 2. The standard InChI is InChI=1S/C35H61N11O13/c1-5-58-27(51)18-41-28(52)20(11-8-14-39-33(37)38)42-25(48)17-40-29(53)22(16-26(49)50)43-30(54)23(19-47)44-31(55)24-12-9-15-46(24)32(56)21(10-6-7-13-36)45-34(57)59-35(2,3)4/h20-24,47H,5-19,36H2,1-4H3,(H,40,53)(H,41,52)(H,42,48)(H,43,54)(H,44,55)(H,45,57)(H,49,50)(H4,37,38,39). The molecular formula is C35H61N11O13. The minimum absolute atomic E-state index is 0.00220. The molecule has 14 N–H and O–H groups in total. The Kier molecular flexibility index (Phi) is 22.8. The predicted octanol–water partition coefficient (Wildman–Crippen LogP) is -4.23. The number of aliphatic hydroxyl groups excluding tert-OH is 1. The summed E-state index contributed by atoms with van der Waals surface area (Å²) in [4.78, 5) is 120. The first-order chi connectivity index (χ1) is 27.7. The number of nitrogens with two attached hydrogens (primary N) is 3. The fourth-order valence-corrected chi connectivity index (χ4v) is 5.62. The molecule has 24 nitrogen and oxygen atoms in total. The maximum atomic E-state index is 13.7. The highest BCUT2D eigenvalue weighted by molar-refractivity contribution is 5.97. The first-order valence-corrected chi connectivity index (χ1v) is 19.2. The van der Waals surface area contributed by atoms with Crippen LogP contribution in [0.15, 0.2) is 4.99 Å². The molecule has 24 heteroatoms. The van der Waals surface area contributed by atoms with E-state index in [4.69, 9.17) is 26.7 Å². The Hall–Kier alpha value is -5.78.